The predicted molar refractivity (Wildman–Crippen MR) is 93.0 cm³/mol. The summed E-state index contributed by atoms with van der Waals surface area (Å²) < 4.78 is 0. The van der Waals surface area contributed by atoms with Gasteiger partial charge in [0.25, 0.3) is 0 Å². The van der Waals surface area contributed by atoms with Gasteiger partial charge in [0, 0.05) is 22.6 Å². The molecule has 126 valence electrons. The Labute approximate surface area is 142 Å². The number of Topliss-reactive ketones (excluding diaryl/α,β-unsaturated/α-hetero) is 1. The zero-order valence-electron chi connectivity index (χ0n) is 13.3. The molecule has 25 heavy (non-hydrogen) atoms. The van der Waals surface area contributed by atoms with E-state index in [1.807, 2.05) is 0 Å². The van der Waals surface area contributed by atoms with Crippen LogP contribution in [0, 0.1) is 0 Å². The van der Waals surface area contributed by atoms with Gasteiger partial charge < -0.3 is 20.4 Å². The Morgan fingerprint density at radius 3 is 2.24 bits per heavy atom. The lowest BCUT2D eigenvalue weighted by atomic mass is 10.0. The summed E-state index contributed by atoms with van der Waals surface area (Å²) in [4.78, 5) is 15.9. The largest absolute Gasteiger partial charge is 0.507 e. The molecule has 6 nitrogen and oxygen atoms in total. The third kappa shape index (κ3) is 2.74. The van der Waals surface area contributed by atoms with Gasteiger partial charge in [0.2, 0.25) is 0 Å². The SMILES string of the molecule is C=C(c1ccc2ccc(C(C)=O)c(O)c2n1)c1cc(O)c(O)cc1O. The van der Waals surface area contributed by atoms with Gasteiger partial charge in [0.05, 0.1) is 11.3 Å². The third-order valence-electron chi connectivity index (χ3n) is 3.94. The summed E-state index contributed by atoms with van der Waals surface area (Å²) in [7, 11) is 0. The maximum absolute atomic E-state index is 11.6. The zero-order chi connectivity index (χ0) is 18.3. The number of carbonyl (C=O) groups is 1. The smallest absolute Gasteiger partial charge is 0.163 e. The highest BCUT2D eigenvalue weighted by Crippen LogP contribution is 2.38. The Kier molecular flexibility index (Phi) is 3.81. The van der Waals surface area contributed by atoms with Gasteiger partial charge in [-0.15, -0.1) is 0 Å². The van der Waals surface area contributed by atoms with Gasteiger partial charge in [-0.3, -0.25) is 4.79 Å². The van der Waals surface area contributed by atoms with Crippen molar-refractivity contribution in [2.75, 3.05) is 0 Å². The molecule has 0 radical (unpaired) electrons. The van der Waals surface area contributed by atoms with E-state index in [1.54, 1.807) is 18.2 Å². The molecule has 0 fully saturated rings. The summed E-state index contributed by atoms with van der Waals surface area (Å²) in [6, 6.07) is 8.72. The molecule has 6 heteroatoms. The Hall–Kier alpha value is -3.54. The summed E-state index contributed by atoms with van der Waals surface area (Å²) in [5.74, 6) is -1.64. The van der Waals surface area contributed by atoms with E-state index >= 15 is 0 Å². The monoisotopic (exact) mass is 337 g/mol. The van der Waals surface area contributed by atoms with Gasteiger partial charge >= 0.3 is 0 Å². The standard InChI is InChI=1S/C19H15NO5/c1-9(13-7-16(23)17(24)8-15(13)22)14-6-4-11-3-5-12(10(2)21)19(25)18(11)20-14/h3-8,22-25H,1H2,2H3. The molecule has 0 aliphatic rings. The predicted octanol–water partition coefficient (Wildman–Crippen LogP) is 3.32. The van der Waals surface area contributed by atoms with Crippen LogP contribution in [0.2, 0.25) is 0 Å². The molecular weight excluding hydrogens is 322 g/mol. The van der Waals surface area contributed by atoms with Crippen molar-refractivity contribution < 1.29 is 25.2 Å². The normalized spacial score (nSPS) is 10.8. The van der Waals surface area contributed by atoms with Crippen LogP contribution in [0.5, 0.6) is 23.0 Å². The molecule has 3 aromatic rings. The molecule has 1 heterocycles. The highest BCUT2D eigenvalue weighted by Gasteiger charge is 2.16. The Morgan fingerprint density at radius 2 is 1.56 bits per heavy atom. The number of nitrogens with zero attached hydrogens (tertiary/aromatic N) is 1. The number of pyridine rings is 1. The van der Waals surface area contributed by atoms with E-state index in [1.165, 1.54) is 19.1 Å². The van der Waals surface area contributed by atoms with E-state index in [4.69, 9.17) is 0 Å². The van der Waals surface area contributed by atoms with E-state index in [0.717, 1.165) is 6.07 Å². The van der Waals surface area contributed by atoms with Crippen molar-refractivity contribution in [1.29, 1.82) is 0 Å². The van der Waals surface area contributed by atoms with Crippen LogP contribution in [-0.2, 0) is 0 Å². The number of hydrogen-bond acceptors (Lipinski definition) is 6. The second kappa shape index (κ2) is 5.83. The van der Waals surface area contributed by atoms with Crippen LogP contribution < -0.4 is 0 Å². The van der Waals surface area contributed by atoms with Crippen LogP contribution in [-0.4, -0.2) is 31.2 Å². The minimum absolute atomic E-state index is 0.160. The van der Waals surface area contributed by atoms with Crippen molar-refractivity contribution in [3.8, 4) is 23.0 Å². The topological polar surface area (TPSA) is 111 Å². The van der Waals surface area contributed by atoms with Gasteiger partial charge in [-0.25, -0.2) is 4.98 Å². The lowest BCUT2D eigenvalue weighted by Crippen LogP contribution is -1.96. The summed E-state index contributed by atoms with van der Waals surface area (Å²) in [6.45, 7) is 5.21. The quantitative estimate of drug-likeness (QED) is 0.331. The molecule has 4 N–H and O–H groups in total. The van der Waals surface area contributed by atoms with Crippen LogP contribution in [0.1, 0.15) is 28.5 Å². The minimum atomic E-state index is -0.454. The Morgan fingerprint density at radius 1 is 0.920 bits per heavy atom. The lowest BCUT2D eigenvalue weighted by molar-refractivity contribution is 0.101. The van der Waals surface area contributed by atoms with Crippen LogP contribution in [0.4, 0.5) is 0 Å². The number of phenols is 4. The van der Waals surface area contributed by atoms with Crippen LogP contribution in [0.25, 0.3) is 16.5 Å². The molecule has 0 aliphatic carbocycles. The zero-order valence-corrected chi connectivity index (χ0v) is 13.3. The van der Waals surface area contributed by atoms with E-state index in [9.17, 15) is 25.2 Å². The second-order valence-corrected chi connectivity index (χ2v) is 5.62. The second-order valence-electron chi connectivity index (χ2n) is 5.62. The van der Waals surface area contributed by atoms with Gasteiger partial charge in [-0.1, -0.05) is 18.7 Å². The molecule has 0 amide bonds. The van der Waals surface area contributed by atoms with Gasteiger partial charge in [-0.05, 0) is 25.1 Å². The number of aromatic nitrogens is 1. The summed E-state index contributed by atoms with van der Waals surface area (Å²) in [5, 5.41) is 40.0. The summed E-state index contributed by atoms with van der Waals surface area (Å²) in [5.41, 5.74) is 1.19. The molecule has 0 atom stereocenters. The van der Waals surface area contributed by atoms with Crippen molar-refractivity contribution in [2.45, 2.75) is 6.92 Å². The fourth-order valence-electron chi connectivity index (χ4n) is 2.57. The van der Waals surface area contributed by atoms with E-state index < -0.39 is 11.5 Å². The number of hydrogen-bond donors (Lipinski definition) is 4. The Bertz CT molecular complexity index is 1040. The van der Waals surface area contributed by atoms with Gasteiger partial charge in [-0.2, -0.15) is 0 Å². The molecule has 2 aromatic carbocycles. The molecule has 3 rings (SSSR count). The molecule has 0 bridgehead atoms. The molecule has 1 aromatic heterocycles. The van der Waals surface area contributed by atoms with E-state index in [0.29, 0.717) is 11.1 Å². The average Bonchev–Trinajstić information content (AvgIpc) is 2.57. The van der Waals surface area contributed by atoms with Crippen molar-refractivity contribution in [2.24, 2.45) is 0 Å². The molecule has 0 saturated carbocycles. The number of rotatable bonds is 3. The van der Waals surface area contributed by atoms with Crippen molar-refractivity contribution >= 4 is 22.3 Å². The first-order chi connectivity index (χ1) is 11.8. The van der Waals surface area contributed by atoms with Gasteiger partial charge in [0.15, 0.2) is 23.0 Å². The summed E-state index contributed by atoms with van der Waals surface area (Å²) in [6.07, 6.45) is 0. The third-order valence-corrected chi connectivity index (χ3v) is 3.94. The first-order valence-electron chi connectivity index (χ1n) is 7.38. The minimum Gasteiger partial charge on any atom is -0.507 e. The fourth-order valence-corrected chi connectivity index (χ4v) is 2.57. The highest BCUT2D eigenvalue weighted by molar-refractivity contribution is 6.02. The molecule has 0 saturated heterocycles. The maximum Gasteiger partial charge on any atom is 0.163 e. The highest BCUT2D eigenvalue weighted by atomic mass is 16.3. The first kappa shape index (κ1) is 16.3. The van der Waals surface area contributed by atoms with Crippen molar-refractivity contribution in [1.82, 2.24) is 4.98 Å². The average molecular weight is 337 g/mol. The summed E-state index contributed by atoms with van der Waals surface area (Å²) >= 11 is 0. The van der Waals surface area contributed by atoms with E-state index in [2.05, 4.69) is 11.6 Å². The Balaban J connectivity index is 2.16. The number of carbonyl (C=O) groups excluding carboxylic acids is 1. The lowest BCUT2D eigenvalue weighted by Gasteiger charge is -2.11. The number of phenolic OH excluding ortho intramolecular Hbond substituents is 4. The molecule has 0 unspecified atom stereocenters. The number of aromatic hydroxyl groups is 4. The van der Waals surface area contributed by atoms with Crippen molar-refractivity contribution in [3.05, 3.63) is 59.8 Å². The number of ketones is 1. The van der Waals surface area contributed by atoms with Crippen LogP contribution >= 0.6 is 0 Å². The number of benzene rings is 2. The van der Waals surface area contributed by atoms with Crippen molar-refractivity contribution in [3.63, 3.8) is 0 Å². The van der Waals surface area contributed by atoms with Crippen LogP contribution in [0.15, 0.2) is 43.0 Å². The molecular formula is C19H15NO5. The first-order valence-corrected chi connectivity index (χ1v) is 7.38. The maximum atomic E-state index is 11.6. The van der Waals surface area contributed by atoms with Gasteiger partial charge in [0.1, 0.15) is 11.3 Å². The fraction of sp³-hybridized carbons (Fsp3) is 0.0526. The number of fused-ring (bicyclic) bond motifs is 1. The van der Waals surface area contributed by atoms with Crippen LogP contribution in [0.3, 0.4) is 0 Å². The van der Waals surface area contributed by atoms with E-state index in [-0.39, 0.29) is 39.5 Å². The molecule has 0 aliphatic heterocycles. The molecule has 0 spiro atoms.